The van der Waals surface area contributed by atoms with E-state index in [1.54, 1.807) is 20.1 Å². The first-order valence-electron chi connectivity index (χ1n) is 6.67. The molecule has 0 spiro atoms. The van der Waals surface area contributed by atoms with Crippen molar-refractivity contribution in [3.05, 3.63) is 71.9 Å². The maximum absolute atomic E-state index is 10.8. The van der Waals surface area contributed by atoms with Gasteiger partial charge in [-0.25, -0.2) is 0 Å². The molecule has 0 amide bonds. The Balaban J connectivity index is -0.00000147. The van der Waals surface area contributed by atoms with Crippen LogP contribution >= 0.6 is 0 Å². The van der Waals surface area contributed by atoms with Gasteiger partial charge in [0.15, 0.2) is 0 Å². The molecule has 1 rings (SSSR count). The van der Waals surface area contributed by atoms with Gasteiger partial charge >= 0.3 is 0 Å². The van der Waals surface area contributed by atoms with E-state index >= 15 is 0 Å². The van der Waals surface area contributed by atoms with E-state index in [0.717, 1.165) is 12.0 Å². The average molecular weight is 549 g/mol. The van der Waals surface area contributed by atoms with Crippen molar-refractivity contribution in [2.75, 3.05) is 0 Å². The van der Waals surface area contributed by atoms with Crippen LogP contribution < -0.4 is 0 Å². The number of allylic oxidation sites excluding steroid dienone is 2. The van der Waals surface area contributed by atoms with Crippen LogP contribution in [0.5, 0.6) is 0 Å². The van der Waals surface area contributed by atoms with Crippen molar-refractivity contribution < 1.29 is 112 Å². The summed E-state index contributed by atoms with van der Waals surface area (Å²) < 4.78 is 5.17. The van der Waals surface area contributed by atoms with Gasteiger partial charge in [-0.3, -0.25) is 0 Å². The normalized spacial score (nSPS) is 10.7. The Bertz CT molecular complexity index is 526. The quantitative estimate of drug-likeness (QED) is 0.269. The summed E-state index contributed by atoms with van der Waals surface area (Å²) in [6.07, 6.45) is 8.32. The van der Waals surface area contributed by atoms with Gasteiger partial charge in [0, 0.05) is 98.1 Å². The van der Waals surface area contributed by atoms with Gasteiger partial charge in [-0.1, -0.05) is 25.2 Å². The molecule has 0 aromatic heterocycles. The zero-order valence-electron chi connectivity index (χ0n) is 14.0. The smallest absolute Gasteiger partial charge is 0 e. The summed E-state index contributed by atoms with van der Waals surface area (Å²) in [5, 5.41) is 0. The van der Waals surface area contributed by atoms with Crippen LogP contribution in [0.25, 0.3) is 0 Å². The van der Waals surface area contributed by atoms with Gasteiger partial charge in [-0.2, -0.15) is 30.7 Å². The third-order valence-corrected chi connectivity index (χ3v) is 2.92. The van der Waals surface area contributed by atoms with Crippen LogP contribution in [0.15, 0.2) is 53.3 Å². The molecule has 0 heterocycles. The third-order valence-electron chi connectivity index (χ3n) is 2.92. The van der Waals surface area contributed by atoms with Gasteiger partial charge in [0.05, 0.1) is 0 Å². The van der Waals surface area contributed by atoms with E-state index in [1.165, 1.54) is 12.9 Å². The van der Waals surface area contributed by atoms with Crippen LogP contribution in [-0.4, -0.2) is 12.6 Å². The van der Waals surface area contributed by atoms with Crippen molar-refractivity contribution >= 4 is 12.6 Å². The first kappa shape index (κ1) is 29.6. The summed E-state index contributed by atoms with van der Waals surface area (Å²) in [6, 6.07) is 9.90. The second-order valence-electron chi connectivity index (χ2n) is 4.56. The minimum absolute atomic E-state index is 0. The fraction of sp³-hybridized carbons (Fsp3) is 0.222. The van der Waals surface area contributed by atoms with Crippen molar-refractivity contribution in [2.45, 2.75) is 26.7 Å². The van der Waals surface area contributed by atoms with Crippen molar-refractivity contribution in [3.8, 4) is 0 Å². The predicted octanol–water partition coefficient (Wildman–Crippen LogP) is 3.63. The van der Waals surface area contributed by atoms with Crippen molar-refractivity contribution in [3.63, 3.8) is 0 Å². The summed E-state index contributed by atoms with van der Waals surface area (Å²) in [4.78, 5) is 21.3. The molecule has 1 aromatic rings. The predicted molar refractivity (Wildman–Crippen MR) is 82.3 cm³/mol. The molecule has 1 aromatic carbocycles. The Hall–Kier alpha value is 0.892. The Morgan fingerprint density at radius 3 is 2.25 bits per heavy atom. The van der Waals surface area contributed by atoms with Crippen LogP contribution in [-0.2, 0) is 112 Å². The largest absolute Gasteiger partial charge is 0.659 e. The second-order valence-corrected chi connectivity index (χ2v) is 4.56. The van der Waals surface area contributed by atoms with Gasteiger partial charge in [-0.05, 0) is 6.29 Å². The summed E-state index contributed by atoms with van der Waals surface area (Å²) in [6.45, 7) is 4.80. The molecule has 0 saturated carbocycles. The van der Waals surface area contributed by atoms with Gasteiger partial charge < -0.3 is 25.5 Å². The average Bonchev–Trinajstić information content (AvgIpc) is 2.53. The molecule has 0 bridgehead atoms. The van der Waals surface area contributed by atoms with E-state index in [0.29, 0.717) is 23.1 Å². The molecule has 121 valence electrons. The molecule has 0 aliphatic heterocycles. The molecule has 6 heteroatoms. The molecular formula is C18H18O3Y3-4. The standard InChI is InChI=1S/C18H18O3.3Y/c1-15(11-19)16(2)13-21-14-18(12-20)10-6-9-17-7-4-3-5-8-17;;;/h3-5,7-9,13-14H,6,10H2,1-2H3;;;/q-4;;;/b16-15?,18-14+;;;. The summed E-state index contributed by atoms with van der Waals surface area (Å²) >= 11 is 0. The van der Waals surface area contributed by atoms with E-state index in [1.807, 2.05) is 43.0 Å². The molecule has 0 N–H and O–H groups in total. The maximum atomic E-state index is 10.8. The first-order valence-corrected chi connectivity index (χ1v) is 6.67. The van der Waals surface area contributed by atoms with Crippen LogP contribution in [0.2, 0.25) is 0 Å². The third kappa shape index (κ3) is 13.1. The Morgan fingerprint density at radius 2 is 1.71 bits per heavy atom. The van der Waals surface area contributed by atoms with E-state index in [2.05, 4.69) is 0 Å². The maximum Gasteiger partial charge on any atom is 0 e. The monoisotopic (exact) mass is 549 g/mol. The molecule has 24 heavy (non-hydrogen) atoms. The number of hydrogen-bond donors (Lipinski definition) is 0. The summed E-state index contributed by atoms with van der Waals surface area (Å²) in [5.74, 6) is 0. The SMILES string of the molecule is CC([C-]=O)=C(C)[CH-]O/C=C(/[C-]=O)CC[CH-]c1ccccc1.[Y].[Y].[Y]. The number of carbonyl (C=O) groups excluding carboxylic acids is 2. The van der Waals surface area contributed by atoms with Crippen LogP contribution in [0.1, 0.15) is 32.3 Å². The molecule has 0 aliphatic carbocycles. The summed E-state index contributed by atoms with van der Waals surface area (Å²) in [5.41, 5.74) is 2.70. The molecular weight excluding hydrogens is 531 g/mol. The topological polar surface area (TPSA) is 43.4 Å². The van der Waals surface area contributed by atoms with Gasteiger partial charge in [0.1, 0.15) is 0 Å². The number of rotatable bonds is 9. The molecule has 0 atom stereocenters. The van der Waals surface area contributed by atoms with E-state index < -0.39 is 0 Å². The Morgan fingerprint density at radius 1 is 1.08 bits per heavy atom. The molecule has 0 fully saturated rings. The molecule has 0 saturated heterocycles. The molecule has 3 nitrogen and oxygen atoms in total. The zero-order valence-corrected chi connectivity index (χ0v) is 22.5. The number of benzene rings is 1. The zero-order chi connectivity index (χ0) is 15.5. The molecule has 3 radical (unpaired) electrons. The summed E-state index contributed by atoms with van der Waals surface area (Å²) in [7, 11) is 0. The van der Waals surface area contributed by atoms with Gasteiger partial charge in [0.2, 0.25) is 0 Å². The van der Waals surface area contributed by atoms with Crippen molar-refractivity contribution in [1.29, 1.82) is 0 Å². The van der Waals surface area contributed by atoms with E-state index in [9.17, 15) is 9.59 Å². The van der Waals surface area contributed by atoms with Crippen LogP contribution in [0.3, 0.4) is 0 Å². The molecule has 0 unspecified atom stereocenters. The van der Waals surface area contributed by atoms with E-state index in [4.69, 9.17) is 4.74 Å². The second kappa shape index (κ2) is 18.7. The Kier molecular flexibility index (Phi) is 23.1. The fourth-order valence-electron chi connectivity index (χ4n) is 1.50. The Labute approximate surface area is 220 Å². The molecule has 0 aliphatic rings. The van der Waals surface area contributed by atoms with Crippen molar-refractivity contribution in [1.82, 2.24) is 0 Å². The van der Waals surface area contributed by atoms with Gasteiger partial charge in [0.25, 0.3) is 0 Å². The van der Waals surface area contributed by atoms with Gasteiger partial charge in [-0.15, -0.1) is 37.8 Å². The minimum Gasteiger partial charge on any atom is -0.659 e. The van der Waals surface area contributed by atoms with Crippen molar-refractivity contribution in [2.24, 2.45) is 0 Å². The fourth-order valence-corrected chi connectivity index (χ4v) is 1.50. The number of hydrogen-bond acceptors (Lipinski definition) is 3. The van der Waals surface area contributed by atoms with Crippen LogP contribution in [0.4, 0.5) is 0 Å². The van der Waals surface area contributed by atoms with E-state index in [-0.39, 0.29) is 98.1 Å². The number of ether oxygens (including phenoxy) is 1. The first-order chi connectivity index (χ1) is 10.2. The van der Waals surface area contributed by atoms with Crippen LogP contribution in [0, 0.1) is 13.0 Å². The minimum atomic E-state index is 0.